The van der Waals surface area contributed by atoms with Crippen molar-refractivity contribution in [3.8, 4) is 11.5 Å². The molecular formula is C24H26N4O5. The number of nitrogens with zero attached hydrogens (tertiary/aromatic N) is 3. The van der Waals surface area contributed by atoms with Crippen LogP contribution >= 0.6 is 0 Å². The van der Waals surface area contributed by atoms with Crippen LogP contribution in [0.15, 0.2) is 53.3 Å². The van der Waals surface area contributed by atoms with Crippen LogP contribution < -0.4 is 10.1 Å². The zero-order valence-electron chi connectivity index (χ0n) is 18.4. The Morgan fingerprint density at radius 2 is 2.06 bits per heavy atom. The van der Waals surface area contributed by atoms with Crippen molar-refractivity contribution < 1.29 is 23.8 Å². The Morgan fingerprint density at radius 3 is 2.82 bits per heavy atom. The summed E-state index contributed by atoms with van der Waals surface area (Å²) in [7, 11) is 1.64. The lowest BCUT2D eigenvalue weighted by Gasteiger charge is -2.31. The predicted octanol–water partition coefficient (Wildman–Crippen LogP) is 2.51. The van der Waals surface area contributed by atoms with Crippen LogP contribution in [-0.2, 0) is 11.2 Å². The number of hydrogen-bond acceptors (Lipinski definition) is 7. The summed E-state index contributed by atoms with van der Waals surface area (Å²) in [5, 5.41) is 12.0. The molecule has 172 valence electrons. The van der Waals surface area contributed by atoms with E-state index < -0.39 is 5.91 Å². The summed E-state index contributed by atoms with van der Waals surface area (Å²) in [5.74, 6) is 1.47. The van der Waals surface area contributed by atoms with Gasteiger partial charge in [0.2, 0.25) is 5.91 Å². The predicted molar refractivity (Wildman–Crippen MR) is 119 cm³/mol. The Morgan fingerprint density at radius 1 is 1.24 bits per heavy atom. The van der Waals surface area contributed by atoms with Crippen LogP contribution in [0.1, 0.15) is 46.3 Å². The van der Waals surface area contributed by atoms with Gasteiger partial charge in [0, 0.05) is 25.7 Å². The molecule has 3 heterocycles. The molecule has 9 nitrogen and oxygen atoms in total. The van der Waals surface area contributed by atoms with Crippen molar-refractivity contribution in [3.63, 3.8) is 0 Å². The van der Waals surface area contributed by atoms with E-state index in [4.69, 9.17) is 9.15 Å². The van der Waals surface area contributed by atoms with Crippen molar-refractivity contribution >= 4 is 11.8 Å². The van der Waals surface area contributed by atoms with Gasteiger partial charge in [-0.05, 0) is 36.6 Å². The number of hydrogen-bond donors (Lipinski definition) is 2. The molecule has 1 atom stereocenters. The summed E-state index contributed by atoms with van der Waals surface area (Å²) in [6, 6.07) is 9.10. The van der Waals surface area contributed by atoms with E-state index in [1.807, 2.05) is 24.3 Å². The number of aromatic hydroxyl groups is 1. The summed E-state index contributed by atoms with van der Waals surface area (Å²) in [6.07, 6.45) is 6.65. The molecule has 3 aromatic rings. The number of pyridine rings is 1. The molecule has 0 aliphatic carbocycles. The minimum Gasteiger partial charge on any atom is -0.506 e. The van der Waals surface area contributed by atoms with Crippen LogP contribution in [0.5, 0.6) is 11.5 Å². The van der Waals surface area contributed by atoms with Crippen molar-refractivity contribution in [3.05, 3.63) is 71.7 Å². The van der Waals surface area contributed by atoms with E-state index in [0.29, 0.717) is 25.4 Å². The smallest absolute Gasteiger partial charge is 0.253 e. The quantitative estimate of drug-likeness (QED) is 0.568. The molecule has 4 rings (SSSR count). The van der Waals surface area contributed by atoms with Crippen molar-refractivity contribution in [2.24, 2.45) is 0 Å². The molecular weight excluding hydrogens is 424 g/mol. The fraction of sp³-hybridized carbons (Fsp3) is 0.333. The summed E-state index contributed by atoms with van der Waals surface area (Å²) in [6.45, 7) is 0.985. The van der Waals surface area contributed by atoms with Crippen LogP contribution in [0.2, 0.25) is 0 Å². The Labute approximate surface area is 191 Å². The van der Waals surface area contributed by atoms with Gasteiger partial charge in [0.05, 0.1) is 37.5 Å². The third-order valence-electron chi connectivity index (χ3n) is 5.62. The lowest BCUT2D eigenvalue weighted by molar-refractivity contribution is -0.131. The molecule has 0 saturated carbocycles. The number of ether oxygens (including phenoxy) is 1. The second-order valence-electron chi connectivity index (χ2n) is 7.98. The summed E-state index contributed by atoms with van der Waals surface area (Å²) >= 11 is 0. The number of amides is 2. The fourth-order valence-corrected chi connectivity index (χ4v) is 3.86. The van der Waals surface area contributed by atoms with E-state index in [-0.39, 0.29) is 29.7 Å². The van der Waals surface area contributed by atoms with E-state index in [1.54, 1.807) is 18.2 Å². The Bertz CT molecular complexity index is 1110. The SMILES string of the molecule is COc1ccc(Cc2cnc([C@@H]3CCCN(C(=O)CNC(=O)c4cncc(O)c4)C3)o2)cc1. The average Bonchev–Trinajstić information content (AvgIpc) is 3.31. The van der Waals surface area contributed by atoms with Gasteiger partial charge in [-0.1, -0.05) is 12.1 Å². The van der Waals surface area contributed by atoms with Crippen LogP contribution in [0.25, 0.3) is 0 Å². The van der Waals surface area contributed by atoms with Gasteiger partial charge in [-0.3, -0.25) is 14.6 Å². The van der Waals surface area contributed by atoms with E-state index in [9.17, 15) is 14.7 Å². The van der Waals surface area contributed by atoms with Gasteiger partial charge in [-0.25, -0.2) is 4.98 Å². The summed E-state index contributed by atoms with van der Waals surface area (Å²) < 4.78 is 11.2. The fourth-order valence-electron chi connectivity index (χ4n) is 3.86. The third-order valence-corrected chi connectivity index (χ3v) is 5.62. The topological polar surface area (TPSA) is 118 Å². The highest BCUT2D eigenvalue weighted by atomic mass is 16.5. The number of carbonyl (C=O) groups excluding carboxylic acids is 2. The van der Waals surface area contributed by atoms with Crippen molar-refractivity contribution in [1.82, 2.24) is 20.2 Å². The van der Waals surface area contributed by atoms with Gasteiger partial charge in [0.25, 0.3) is 5.91 Å². The average molecular weight is 450 g/mol. The van der Waals surface area contributed by atoms with Gasteiger partial charge in [0.1, 0.15) is 17.3 Å². The first-order valence-corrected chi connectivity index (χ1v) is 10.8. The Balaban J connectivity index is 1.31. The van der Waals surface area contributed by atoms with Gasteiger partial charge in [-0.2, -0.15) is 0 Å². The summed E-state index contributed by atoms with van der Waals surface area (Å²) in [4.78, 5) is 34.8. The highest BCUT2D eigenvalue weighted by Crippen LogP contribution is 2.27. The Hall–Kier alpha value is -3.88. The first kappa shape index (κ1) is 22.3. The number of aromatic nitrogens is 2. The Kier molecular flexibility index (Phi) is 6.87. The van der Waals surface area contributed by atoms with Crippen LogP contribution in [0.4, 0.5) is 0 Å². The number of methoxy groups -OCH3 is 1. The van der Waals surface area contributed by atoms with Crippen molar-refractivity contribution in [2.75, 3.05) is 26.7 Å². The standard InChI is InChI=1S/C24H26N4O5/c1-32-20-6-4-16(5-7-20)9-21-13-27-24(33-21)17-3-2-8-28(15-17)22(30)14-26-23(31)18-10-19(29)12-25-11-18/h4-7,10-13,17,29H,2-3,8-9,14-15H2,1H3,(H,26,31)/t17-/m1/s1. The largest absolute Gasteiger partial charge is 0.506 e. The maximum Gasteiger partial charge on any atom is 0.253 e. The number of carbonyl (C=O) groups is 2. The summed E-state index contributed by atoms with van der Waals surface area (Å²) in [5.41, 5.74) is 1.29. The molecule has 2 aromatic heterocycles. The first-order valence-electron chi connectivity index (χ1n) is 10.8. The normalized spacial score (nSPS) is 15.8. The minimum atomic E-state index is -0.462. The van der Waals surface area contributed by atoms with Crippen LogP contribution in [0.3, 0.4) is 0 Å². The van der Waals surface area contributed by atoms with Gasteiger partial charge in [-0.15, -0.1) is 0 Å². The number of benzene rings is 1. The van der Waals surface area contributed by atoms with Gasteiger partial charge >= 0.3 is 0 Å². The molecule has 0 bridgehead atoms. The molecule has 2 N–H and O–H groups in total. The number of rotatable bonds is 7. The first-order chi connectivity index (χ1) is 16.0. The monoisotopic (exact) mass is 450 g/mol. The van der Waals surface area contributed by atoms with Crippen LogP contribution in [-0.4, -0.2) is 58.5 Å². The van der Waals surface area contributed by atoms with E-state index >= 15 is 0 Å². The molecule has 0 radical (unpaired) electrons. The zero-order valence-corrected chi connectivity index (χ0v) is 18.4. The molecule has 0 unspecified atom stereocenters. The maximum absolute atomic E-state index is 12.7. The number of likely N-dealkylation sites (tertiary alicyclic amines) is 1. The molecule has 2 amide bonds. The highest BCUT2D eigenvalue weighted by molar-refractivity contribution is 5.96. The van der Waals surface area contributed by atoms with Crippen LogP contribution in [0, 0.1) is 0 Å². The maximum atomic E-state index is 12.7. The second-order valence-corrected chi connectivity index (χ2v) is 7.98. The number of nitrogens with one attached hydrogen (secondary N) is 1. The molecule has 1 fully saturated rings. The van der Waals surface area contributed by atoms with Crippen molar-refractivity contribution in [2.45, 2.75) is 25.2 Å². The number of oxazole rings is 1. The minimum absolute atomic E-state index is 0.0123. The molecule has 1 aliphatic heterocycles. The molecule has 1 aromatic carbocycles. The van der Waals surface area contributed by atoms with Crippen molar-refractivity contribution in [1.29, 1.82) is 0 Å². The lowest BCUT2D eigenvalue weighted by atomic mass is 9.98. The molecule has 1 saturated heterocycles. The lowest BCUT2D eigenvalue weighted by Crippen LogP contribution is -2.44. The third kappa shape index (κ3) is 5.68. The highest BCUT2D eigenvalue weighted by Gasteiger charge is 2.28. The molecule has 0 spiro atoms. The molecule has 33 heavy (non-hydrogen) atoms. The van der Waals surface area contributed by atoms with E-state index in [1.165, 1.54) is 18.5 Å². The van der Waals surface area contributed by atoms with Gasteiger partial charge < -0.3 is 24.5 Å². The van der Waals surface area contributed by atoms with E-state index in [0.717, 1.165) is 29.9 Å². The zero-order chi connectivity index (χ0) is 23.2. The van der Waals surface area contributed by atoms with E-state index in [2.05, 4.69) is 15.3 Å². The second kappa shape index (κ2) is 10.2. The molecule has 9 heteroatoms. The van der Waals surface area contributed by atoms with Gasteiger partial charge in [0.15, 0.2) is 5.89 Å². The molecule has 1 aliphatic rings. The number of piperidine rings is 1.